The van der Waals surface area contributed by atoms with Crippen molar-refractivity contribution in [1.29, 1.82) is 0 Å². The van der Waals surface area contributed by atoms with E-state index in [9.17, 15) is 4.79 Å². The lowest BCUT2D eigenvalue weighted by Gasteiger charge is -2.22. The molecule has 0 unspecified atom stereocenters. The normalized spacial score (nSPS) is 15.4. The van der Waals surface area contributed by atoms with Crippen LogP contribution >= 0.6 is 0 Å². The van der Waals surface area contributed by atoms with Crippen LogP contribution in [0.15, 0.2) is 36.8 Å². The molecule has 3 aromatic rings. The molecule has 7 heteroatoms. The summed E-state index contributed by atoms with van der Waals surface area (Å²) >= 11 is 0. The van der Waals surface area contributed by atoms with Crippen molar-refractivity contribution in [3.05, 3.63) is 48.2 Å². The Balaban J connectivity index is 1.54. The zero-order valence-electron chi connectivity index (χ0n) is 14.0. The number of amides is 1. The van der Waals surface area contributed by atoms with Crippen molar-refractivity contribution in [2.45, 2.75) is 25.8 Å². The van der Waals surface area contributed by atoms with Gasteiger partial charge in [0.2, 0.25) is 0 Å². The fourth-order valence-electron chi connectivity index (χ4n) is 3.02. The predicted octanol–water partition coefficient (Wildman–Crippen LogP) is 2.74. The molecule has 1 aliphatic rings. The van der Waals surface area contributed by atoms with E-state index in [0.717, 1.165) is 42.7 Å². The quantitative estimate of drug-likeness (QED) is 0.795. The molecule has 4 heterocycles. The molecule has 0 aliphatic carbocycles. The number of carbonyl (C=O) groups excluding carboxylic acids is 1. The predicted molar refractivity (Wildman–Crippen MR) is 93.5 cm³/mol. The van der Waals surface area contributed by atoms with Crippen LogP contribution in [0.3, 0.4) is 0 Å². The lowest BCUT2D eigenvalue weighted by atomic mass is 10.1. The monoisotopic (exact) mass is 337 g/mol. The van der Waals surface area contributed by atoms with Gasteiger partial charge in [0.05, 0.1) is 22.9 Å². The van der Waals surface area contributed by atoms with E-state index in [0.29, 0.717) is 17.4 Å². The van der Waals surface area contributed by atoms with Gasteiger partial charge < -0.3 is 10.1 Å². The third-order valence-electron chi connectivity index (χ3n) is 4.45. The molecule has 3 aromatic heterocycles. The second kappa shape index (κ2) is 6.60. The fraction of sp³-hybridized carbons (Fsp3) is 0.333. The molecule has 1 aliphatic heterocycles. The SMILES string of the molecule is Cc1nn(C2CCOCC2)cc1NC(=O)c1ccc2cnccc2n1. The van der Waals surface area contributed by atoms with E-state index in [1.165, 1.54) is 0 Å². The van der Waals surface area contributed by atoms with E-state index < -0.39 is 0 Å². The van der Waals surface area contributed by atoms with Gasteiger partial charge in [-0.25, -0.2) is 4.98 Å². The van der Waals surface area contributed by atoms with Crippen LogP contribution in [0, 0.1) is 6.92 Å². The number of hydrogen-bond acceptors (Lipinski definition) is 5. The molecule has 0 saturated carbocycles. The molecule has 7 nitrogen and oxygen atoms in total. The molecule has 128 valence electrons. The summed E-state index contributed by atoms with van der Waals surface area (Å²) in [5.74, 6) is -0.242. The summed E-state index contributed by atoms with van der Waals surface area (Å²) < 4.78 is 7.33. The van der Waals surface area contributed by atoms with Crippen molar-refractivity contribution in [1.82, 2.24) is 19.7 Å². The number of fused-ring (bicyclic) bond motifs is 1. The fourth-order valence-corrected chi connectivity index (χ4v) is 3.02. The summed E-state index contributed by atoms with van der Waals surface area (Å²) in [6.45, 7) is 3.40. The Labute approximate surface area is 145 Å². The maximum absolute atomic E-state index is 12.5. The minimum atomic E-state index is -0.242. The topological polar surface area (TPSA) is 81.9 Å². The Morgan fingerprint density at radius 1 is 1.28 bits per heavy atom. The van der Waals surface area contributed by atoms with Crippen molar-refractivity contribution in [2.75, 3.05) is 18.5 Å². The maximum atomic E-state index is 12.5. The van der Waals surface area contributed by atoms with Crippen LogP contribution in [-0.2, 0) is 4.74 Å². The van der Waals surface area contributed by atoms with Gasteiger partial charge in [0.1, 0.15) is 5.69 Å². The van der Waals surface area contributed by atoms with Crippen LogP contribution < -0.4 is 5.32 Å². The van der Waals surface area contributed by atoms with Gasteiger partial charge >= 0.3 is 0 Å². The van der Waals surface area contributed by atoms with Gasteiger partial charge in [0.25, 0.3) is 5.91 Å². The lowest BCUT2D eigenvalue weighted by Crippen LogP contribution is -2.20. The Morgan fingerprint density at radius 3 is 2.96 bits per heavy atom. The molecular weight excluding hydrogens is 318 g/mol. The van der Waals surface area contributed by atoms with Crippen LogP contribution in [0.4, 0.5) is 5.69 Å². The molecule has 1 N–H and O–H groups in total. The number of rotatable bonds is 3. The van der Waals surface area contributed by atoms with Crippen LogP contribution in [0.5, 0.6) is 0 Å². The molecule has 0 radical (unpaired) electrons. The molecule has 0 spiro atoms. The average molecular weight is 337 g/mol. The number of carbonyl (C=O) groups is 1. The third-order valence-corrected chi connectivity index (χ3v) is 4.45. The van der Waals surface area contributed by atoms with Crippen LogP contribution in [0.25, 0.3) is 10.9 Å². The molecule has 0 atom stereocenters. The van der Waals surface area contributed by atoms with Gasteiger partial charge in [-0.1, -0.05) is 0 Å². The van der Waals surface area contributed by atoms with E-state index in [1.54, 1.807) is 24.5 Å². The molecule has 1 amide bonds. The first kappa shape index (κ1) is 15.7. The van der Waals surface area contributed by atoms with Gasteiger partial charge in [0.15, 0.2) is 0 Å². The first-order valence-electron chi connectivity index (χ1n) is 8.36. The van der Waals surface area contributed by atoms with Crippen molar-refractivity contribution >= 4 is 22.5 Å². The molecule has 1 fully saturated rings. The number of nitrogens with one attached hydrogen (secondary N) is 1. The summed E-state index contributed by atoms with van der Waals surface area (Å²) in [6.07, 6.45) is 7.17. The summed E-state index contributed by atoms with van der Waals surface area (Å²) in [5, 5.41) is 8.37. The van der Waals surface area contributed by atoms with Crippen molar-refractivity contribution in [3.63, 3.8) is 0 Å². The van der Waals surface area contributed by atoms with Crippen LogP contribution in [-0.4, -0.2) is 38.9 Å². The highest BCUT2D eigenvalue weighted by Gasteiger charge is 2.19. The number of nitrogens with zero attached hydrogens (tertiary/aromatic N) is 4. The van der Waals surface area contributed by atoms with E-state index in [1.807, 2.05) is 23.9 Å². The van der Waals surface area contributed by atoms with Gasteiger partial charge in [-0.15, -0.1) is 0 Å². The molecule has 0 aromatic carbocycles. The molecule has 4 rings (SSSR count). The largest absolute Gasteiger partial charge is 0.381 e. The number of ether oxygens (including phenoxy) is 1. The van der Waals surface area contributed by atoms with Crippen LogP contribution in [0.2, 0.25) is 0 Å². The maximum Gasteiger partial charge on any atom is 0.274 e. The van der Waals surface area contributed by atoms with Crippen molar-refractivity contribution in [2.24, 2.45) is 0 Å². The molecule has 25 heavy (non-hydrogen) atoms. The number of aryl methyl sites for hydroxylation is 1. The van der Waals surface area contributed by atoms with E-state index >= 15 is 0 Å². The Bertz CT molecular complexity index is 915. The minimum absolute atomic E-state index is 0.242. The number of pyridine rings is 2. The number of anilines is 1. The molecule has 0 bridgehead atoms. The highest BCUT2D eigenvalue weighted by atomic mass is 16.5. The second-order valence-corrected chi connectivity index (χ2v) is 6.17. The van der Waals surface area contributed by atoms with Gasteiger partial charge in [0, 0.05) is 37.2 Å². The summed E-state index contributed by atoms with van der Waals surface area (Å²) in [7, 11) is 0. The van der Waals surface area contributed by atoms with Crippen molar-refractivity contribution in [3.8, 4) is 0 Å². The average Bonchev–Trinajstić information content (AvgIpc) is 3.02. The van der Waals surface area contributed by atoms with Crippen LogP contribution in [0.1, 0.15) is 35.1 Å². The Hall–Kier alpha value is -2.80. The van der Waals surface area contributed by atoms with E-state index in [4.69, 9.17) is 4.74 Å². The second-order valence-electron chi connectivity index (χ2n) is 6.17. The zero-order chi connectivity index (χ0) is 17.2. The molecule has 1 saturated heterocycles. The molecular formula is C18H19N5O2. The number of hydrogen-bond donors (Lipinski definition) is 1. The van der Waals surface area contributed by atoms with E-state index in [2.05, 4.69) is 20.4 Å². The third kappa shape index (κ3) is 3.23. The summed E-state index contributed by atoms with van der Waals surface area (Å²) in [6, 6.07) is 5.67. The Kier molecular flexibility index (Phi) is 4.15. The highest BCUT2D eigenvalue weighted by Crippen LogP contribution is 2.24. The van der Waals surface area contributed by atoms with Gasteiger partial charge in [-0.2, -0.15) is 5.10 Å². The van der Waals surface area contributed by atoms with Gasteiger partial charge in [-0.3, -0.25) is 14.5 Å². The zero-order valence-corrected chi connectivity index (χ0v) is 14.0. The van der Waals surface area contributed by atoms with Gasteiger partial charge in [-0.05, 0) is 38.0 Å². The first-order valence-corrected chi connectivity index (χ1v) is 8.36. The first-order chi connectivity index (χ1) is 12.2. The van der Waals surface area contributed by atoms with E-state index in [-0.39, 0.29) is 5.91 Å². The van der Waals surface area contributed by atoms with Crippen molar-refractivity contribution < 1.29 is 9.53 Å². The highest BCUT2D eigenvalue weighted by molar-refractivity contribution is 6.04. The summed E-state index contributed by atoms with van der Waals surface area (Å²) in [4.78, 5) is 21.0. The summed E-state index contributed by atoms with van der Waals surface area (Å²) in [5.41, 5.74) is 2.63. The minimum Gasteiger partial charge on any atom is -0.381 e. The standard InChI is InChI=1S/C18H19N5O2/c1-12-17(11-23(22-12)14-5-8-25-9-6-14)21-18(24)16-3-2-13-10-19-7-4-15(13)20-16/h2-4,7,10-11,14H,5-6,8-9H2,1H3,(H,21,24). The number of aromatic nitrogens is 4. The smallest absolute Gasteiger partial charge is 0.274 e. The Morgan fingerprint density at radius 2 is 2.12 bits per heavy atom. The lowest BCUT2D eigenvalue weighted by molar-refractivity contribution is 0.0662.